The number of ether oxygens (including phenoxy) is 1. The lowest BCUT2D eigenvalue weighted by atomic mass is 10.0. The molecule has 0 unspecified atom stereocenters. The number of aromatic nitrogens is 1. The Bertz CT molecular complexity index is 1470. The van der Waals surface area contributed by atoms with Gasteiger partial charge in [-0.3, -0.25) is 9.59 Å². The molecule has 0 spiro atoms. The summed E-state index contributed by atoms with van der Waals surface area (Å²) in [5.74, 6) is -1.78. The van der Waals surface area contributed by atoms with Gasteiger partial charge in [0.2, 0.25) is 0 Å². The number of unbranched alkanes of at least 4 members (excludes halogenated alkanes) is 4. The molecule has 11 heteroatoms. The normalized spacial score (nSPS) is 11.1. The molecule has 0 radical (unpaired) electrons. The smallest absolute Gasteiger partial charge is 0.354 e. The minimum absolute atomic E-state index is 0.00102. The van der Waals surface area contributed by atoms with Crippen molar-refractivity contribution < 1.29 is 32.6 Å². The van der Waals surface area contributed by atoms with Crippen LogP contribution in [0, 0.1) is 0 Å². The zero-order valence-corrected chi connectivity index (χ0v) is 24.0. The lowest BCUT2D eigenvalue weighted by molar-refractivity contribution is 0.0689. The van der Waals surface area contributed by atoms with Gasteiger partial charge in [0.05, 0.1) is 17.6 Å². The van der Waals surface area contributed by atoms with Gasteiger partial charge in [-0.2, -0.15) is 0 Å². The van der Waals surface area contributed by atoms with Crippen LogP contribution in [0.5, 0.6) is 5.75 Å². The molecule has 0 atom stereocenters. The van der Waals surface area contributed by atoms with Gasteiger partial charge in [0.25, 0.3) is 21.8 Å². The Morgan fingerprint density at radius 2 is 1.66 bits per heavy atom. The standard InChI is InChI=1S/C30H35N3O7S/c1-3-4-5-6-7-10-23-19-27(30(36)37)32-20-26(23)29(35)33-41(38,39)25-14-12-22(13-15-25)28(34)31-17-16-21-9-8-11-24(18-21)40-2/h8-9,11-15,18-20H,3-7,10,16-17H2,1-2H3,(H,31,34)(H,33,35)(H,36,37). The van der Waals surface area contributed by atoms with E-state index in [1.54, 1.807) is 7.11 Å². The van der Waals surface area contributed by atoms with Crippen LogP contribution in [-0.2, 0) is 22.9 Å². The van der Waals surface area contributed by atoms with E-state index in [2.05, 4.69) is 17.2 Å². The first-order chi connectivity index (χ1) is 19.6. The molecular formula is C30H35N3O7S. The van der Waals surface area contributed by atoms with E-state index in [0.29, 0.717) is 24.9 Å². The first-order valence-electron chi connectivity index (χ1n) is 13.4. The number of carbonyl (C=O) groups is 3. The molecular weight excluding hydrogens is 546 g/mol. The van der Waals surface area contributed by atoms with Crippen LogP contribution in [0.2, 0.25) is 0 Å². The molecule has 41 heavy (non-hydrogen) atoms. The van der Waals surface area contributed by atoms with Crippen LogP contribution >= 0.6 is 0 Å². The van der Waals surface area contributed by atoms with Crippen molar-refractivity contribution in [3.63, 3.8) is 0 Å². The van der Waals surface area contributed by atoms with E-state index in [1.807, 2.05) is 29.0 Å². The van der Waals surface area contributed by atoms with E-state index in [4.69, 9.17) is 4.74 Å². The maximum Gasteiger partial charge on any atom is 0.354 e. The summed E-state index contributed by atoms with van der Waals surface area (Å²) in [5.41, 5.74) is 1.46. The molecule has 3 N–H and O–H groups in total. The molecule has 0 aliphatic rings. The van der Waals surface area contributed by atoms with Gasteiger partial charge in [-0.05, 0) is 72.9 Å². The summed E-state index contributed by atoms with van der Waals surface area (Å²) >= 11 is 0. The first kappa shape index (κ1) is 31.3. The van der Waals surface area contributed by atoms with Crippen LogP contribution < -0.4 is 14.8 Å². The third-order valence-corrected chi connectivity index (χ3v) is 7.84. The number of hydrogen-bond acceptors (Lipinski definition) is 7. The van der Waals surface area contributed by atoms with Crippen LogP contribution in [0.4, 0.5) is 0 Å². The van der Waals surface area contributed by atoms with Crippen LogP contribution in [0.25, 0.3) is 0 Å². The third-order valence-electron chi connectivity index (χ3n) is 6.49. The average molecular weight is 582 g/mol. The number of rotatable bonds is 15. The van der Waals surface area contributed by atoms with E-state index in [0.717, 1.165) is 49.6 Å². The number of sulfonamides is 1. The molecule has 3 aromatic rings. The number of nitrogens with one attached hydrogen (secondary N) is 2. The Morgan fingerprint density at radius 1 is 0.927 bits per heavy atom. The molecule has 2 aromatic carbocycles. The van der Waals surface area contributed by atoms with Gasteiger partial charge in [0.1, 0.15) is 11.4 Å². The largest absolute Gasteiger partial charge is 0.497 e. The van der Waals surface area contributed by atoms with Gasteiger partial charge >= 0.3 is 5.97 Å². The Hall–Kier alpha value is -4.25. The summed E-state index contributed by atoms with van der Waals surface area (Å²) in [4.78, 5) is 40.5. The summed E-state index contributed by atoms with van der Waals surface area (Å²) in [6.45, 7) is 2.47. The van der Waals surface area contributed by atoms with E-state index < -0.39 is 21.9 Å². The zero-order valence-electron chi connectivity index (χ0n) is 23.2. The topological polar surface area (TPSA) is 152 Å². The molecule has 1 aromatic heterocycles. The van der Waals surface area contributed by atoms with Gasteiger partial charge in [0.15, 0.2) is 0 Å². The summed E-state index contributed by atoms with van der Waals surface area (Å²) in [5, 5.41) is 12.1. The van der Waals surface area contributed by atoms with E-state index >= 15 is 0 Å². The lowest BCUT2D eigenvalue weighted by Crippen LogP contribution is -2.31. The van der Waals surface area contributed by atoms with Crippen LogP contribution in [0.3, 0.4) is 0 Å². The molecule has 0 aliphatic heterocycles. The number of carboxylic acids is 1. The molecule has 0 fully saturated rings. The van der Waals surface area contributed by atoms with Crippen molar-refractivity contribution in [2.75, 3.05) is 13.7 Å². The van der Waals surface area contributed by atoms with Crippen LogP contribution in [0.1, 0.15) is 81.4 Å². The quantitative estimate of drug-likeness (QED) is 0.224. The van der Waals surface area contributed by atoms with Crippen molar-refractivity contribution in [3.05, 3.63) is 88.7 Å². The number of pyridine rings is 1. The number of hydrogen-bond donors (Lipinski definition) is 3. The van der Waals surface area contributed by atoms with E-state index in [9.17, 15) is 27.9 Å². The number of benzene rings is 2. The molecule has 1 heterocycles. The zero-order chi connectivity index (χ0) is 29.8. The molecule has 3 rings (SSSR count). The molecule has 0 bridgehead atoms. The van der Waals surface area contributed by atoms with Crippen molar-refractivity contribution in [3.8, 4) is 5.75 Å². The lowest BCUT2D eigenvalue weighted by Gasteiger charge is -2.12. The minimum atomic E-state index is -4.27. The van der Waals surface area contributed by atoms with Crippen molar-refractivity contribution in [2.24, 2.45) is 0 Å². The van der Waals surface area contributed by atoms with E-state index in [-0.39, 0.29) is 27.6 Å². The molecule has 0 saturated carbocycles. The summed E-state index contributed by atoms with van der Waals surface area (Å²) in [7, 11) is -2.69. The predicted octanol–water partition coefficient (Wildman–Crippen LogP) is 4.39. The van der Waals surface area contributed by atoms with Crippen LogP contribution in [0.15, 0.2) is 65.7 Å². The SMILES string of the molecule is CCCCCCCc1cc(C(=O)O)ncc1C(=O)NS(=O)(=O)c1ccc(C(=O)NCCc2cccc(OC)c2)cc1. The first-order valence-corrected chi connectivity index (χ1v) is 14.9. The van der Waals surface area contributed by atoms with Gasteiger partial charge in [0, 0.05) is 18.3 Å². The van der Waals surface area contributed by atoms with Gasteiger partial charge in [-0.25, -0.2) is 22.9 Å². The fraction of sp³-hybridized carbons (Fsp3) is 0.333. The van der Waals surface area contributed by atoms with Gasteiger partial charge in [-0.15, -0.1) is 0 Å². The number of nitrogens with zero attached hydrogens (tertiary/aromatic N) is 1. The average Bonchev–Trinajstić information content (AvgIpc) is 2.96. The highest BCUT2D eigenvalue weighted by Gasteiger charge is 2.22. The Kier molecular flexibility index (Phi) is 11.4. The number of methoxy groups -OCH3 is 1. The molecule has 2 amide bonds. The highest BCUT2D eigenvalue weighted by atomic mass is 32.2. The Balaban J connectivity index is 1.64. The second-order valence-electron chi connectivity index (χ2n) is 9.51. The van der Waals surface area contributed by atoms with Crippen molar-refractivity contribution in [2.45, 2.75) is 56.8 Å². The molecule has 10 nitrogen and oxygen atoms in total. The Morgan fingerprint density at radius 3 is 2.34 bits per heavy atom. The molecule has 0 saturated heterocycles. The number of carbonyl (C=O) groups excluding carboxylic acids is 2. The monoisotopic (exact) mass is 581 g/mol. The third kappa shape index (κ3) is 9.14. The second-order valence-corrected chi connectivity index (χ2v) is 11.2. The van der Waals surface area contributed by atoms with Crippen molar-refractivity contribution >= 4 is 27.8 Å². The predicted molar refractivity (Wildman–Crippen MR) is 154 cm³/mol. The fourth-order valence-corrected chi connectivity index (χ4v) is 5.18. The number of aromatic carboxylic acids is 1. The maximum atomic E-state index is 13.0. The minimum Gasteiger partial charge on any atom is -0.497 e. The molecule has 0 aliphatic carbocycles. The number of amides is 2. The van der Waals surface area contributed by atoms with Crippen LogP contribution in [-0.4, -0.2) is 49.9 Å². The highest BCUT2D eigenvalue weighted by Crippen LogP contribution is 2.17. The van der Waals surface area contributed by atoms with E-state index in [1.165, 1.54) is 30.3 Å². The van der Waals surface area contributed by atoms with Crippen molar-refractivity contribution in [1.82, 2.24) is 15.0 Å². The second kappa shape index (κ2) is 14.9. The fourth-order valence-electron chi connectivity index (χ4n) is 4.22. The summed E-state index contributed by atoms with van der Waals surface area (Å²) < 4.78 is 33.1. The van der Waals surface area contributed by atoms with Gasteiger partial charge in [-0.1, -0.05) is 44.7 Å². The number of carboxylic acid groups (broad SMARTS) is 1. The van der Waals surface area contributed by atoms with Gasteiger partial charge < -0.3 is 15.2 Å². The highest BCUT2D eigenvalue weighted by molar-refractivity contribution is 7.90. The Labute approximate surface area is 240 Å². The number of aryl methyl sites for hydroxylation is 1. The molecule has 218 valence electrons. The summed E-state index contributed by atoms with van der Waals surface area (Å²) in [6.07, 6.45) is 6.87. The summed E-state index contributed by atoms with van der Waals surface area (Å²) in [6, 6.07) is 14.0. The maximum absolute atomic E-state index is 13.0. The van der Waals surface area contributed by atoms with Crippen molar-refractivity contribution in [1.29, 1.82) is 0 Å².